The predicted octanol–water partition coefficient (Wildman–Crippen LogP) is 1.85. The molecule has 2 saturated carbocycles. The summed E-state index contributed by atoms with van der Waals surface area (Å²) in [5.74, 6) is -3.11. The van der Waals surface area contributed by atoms with Gasteiger partial charge in [-0.05, 0) is 24.3 Å². The number of amides is 3. The molecule has 1 aliphatic heterocycles. The lowest BCUT2D eigenvalue weighted by Gasteiger charge is -2.28. The fraction of sp³-hybridized carbons (Fsp3) is 0.474. The van der Waals surface area contributed by atoms with E-state index in [1.165, 1.54) is 24.3 Å². The molecule has 1 aromatic carbocycles. The summed E-state index contributed by atoms with van der Waals surface area (Å²) in [4.78, 5) is 61.0. The van der Waals surface area contributed by atoms with Crippen LogP contribution in [-0.4, -0.2) is 56.3 Å². The fourth-order valence-corrected chi connectivity index (χ4v) is 6.65. The number of ether oxygens (including phenoxy) is 1. The van der Waals surface area contributed by atoms with Crippen molar-refractivity contribution in [3.63, 3.8) is 0 Å². The molecule has 3 fully saturated rings. The first-order chi connectivity index (χ1) is 14.7. The summed E-state index contributed by atoms with van der Waals surface area (Å²) in [6, 6.07) is 5.30. The second-order valence-electron chi connectivity index (χ2n) is 7.78. The Hall–Kier alpha value is -2.34. The standard InChI is InChI=1S/C19H17Br2N3O7/c20-16-10-5-11(17(16)21)15-14(10)18(27)23(19(15)28)6-13(26)31-7-12(25)22-8-2-1-3-9(4-8)24(29)30/h1-4,10-11,14-17H,5-7H2,(H,22,25)/t10-,11-,14-,15-,16+,17+/m1/s1. The number of halogens is 2. The first kappa shape index (κ1) is 21.9. The van der Waals surface area contributed by atoms with Gasteiger partial charge in [0.05, 0.1) is 16.8 Å². The van der Waals surface area contributed by atoms with E-state index >= 15 is 0 Å². The summed E-state index contributed by atoms with van der Waals surface area (Å²) in [5.41, 5.74) is -0.0195. The smallest absolute Gasteiger partial charge is 0.326 e. The number of nitrogens with zero attached hydrogens (tertiary/aromatic N) is 2. The van der Waals surface area contributed by atoms with Gasteiger partial charge in [0.25, 0.3) is 11.6 Å². The van der Waals surface area contributed by atoms with Crippen molar-refractivity contribution in [2.75, 3.05) is 18.5 Å². The zero-order valence-corrected chi connectivity index (χ0v) is 19.1. The predicted molar refractivity (Wildman–Crippen MR) is 113 cm³/mol. The number of alkyl halides is 2. The van der Waals surface area contributed by atoms with Crippen LogP contribution in [0.25, 0.3) is 0 Å². The molecular weight excluding hydrogens is 542 g/mol. The molecule has 4 rings (SSSR count). The highest BCUT2D eigenvalue weighted by Crippen LogP contribution is 2.60. The molecule has 12 heteroatoms. The SMILES string of the molecule is O=C(COC(=O)CN1C(=O)[C@@H]2[C@H]3C[C@@H]([C@H](Br)[C@H]3Br)[C@H]2C1=O)Nc1cccc([N+](=O)[O-])c1. The van der Waals surface area contributed by atoms with Gasteiger partial charge in [-0.15, -0.1) is 0 Å². The van der Waals surface area contributed by atoms with Crippen molar-refractivity contribution >= 4 is 66.9 Å². The summed E-state index contributed by atoms with van der Waals surface area (Å²) in [6.07, 6.45) is 0.786. The van der Waals surface area contributed by atoms with Crippen molar-refractivity contribution in [3.05, 3.63) is 34.4 Å². The normalized spacial score (nSPS) is 31.0. The number of fused-ring (bicyclic) bond motifs is 5. The molecular formula is C19H17Br2N3O7. The summed E-state index contributed by atoms with van der Waals surface area (Å²) in [5, 5.41) is 13.2. The molecule has 6 atom stereocenters. The Balaban J connectivity index is 1.31. The van der Waals surface area contributed by atoms with Crippen LogP contribution in [0, 0.1) is 33.8 Å². The molecule has 3 amide bonds. The number of anilines is 1. The maximum absolute atomic E-state index is 12.8. The Morgan fingerprint density at radius 1 is 1.16 bits per heavy atom. The monoisotopic (exact) mass is 557 g/mol. The molecule has 0 aromatic heterocycles. The number of likely N-dealkylation sites (tertiary alicyclic amines) is 1. The number of carbonyl (C=O) groups excluding carboxylic acids is 4. The number of non-ortho nitro benzene ring substituents is 1. The van der Waals surface area contributed by atoms with Gasteiger partial charge in [0, 0.05) is 27.5 Å². The van der Waals surface area contributed by atoms with Crippen molar-refractivity contribution in [1.82, 2.24) is 4.90 Å². The number of hydrogen-bond acceptors (Lipinski definition) is 7. The molecule has 164 valence electrons. The second-order valence-corrected chi connectivity index (χ2v) is 9.90. The van der Waals surface area contributed by atoms with Crippen LogP contribution >= 0.6 is 31.9 Å². The van der Waals surface area contributed by atoms with Gasteiger partial charge in [0.1, 0.15) is 6.54 Å². The van der Waals surface area contributed by atoms with E-state index in [1.54, 1.807) is 0 Å². The van der Waals surface area contributed by atoms with E-state index in [1.807, 2.05) is 0 Å². The summed E-state index contributed by atoms with van der Waals surface area (Å²) < 4.78 is 4.90. The topological polar surface area (TPSA) is 136 Å². The Morgan fingerprint density at radius 3 is 2.35 bits per heavy atom. The van der Waals surface area contributed by atoms with E-state index < -0.39 is 41.8 Å². The van der Waals surface area contributed by atoms with Crippen LogP contribution in [0.2, 0.25) is 0 Å². The molecule has 1 N–H and O–H groups in total. The van der Waals surface area contributed by atoms with Crippen LogP contribution in [0.15, 0.2) is 24.3 Å². The molecule has 1 saturated heterocycles. The van der Waals surface area contributed by atoms with Gasteiger partial charge in [-0.1, -0.05) is 37.9 Å². The van der Waals surface area contributed by atoms with Crippen molar-refractivity contribution in [2.45, 2.75) is 16.1 Å². The fourth-order valence-electron chi connectivity index (χ4n) is 4.78. The molecule has 10 nitrogen and oxygen atoms in total. The van der Waals surface area contributed by atoms with Crippen molar-refractivity contribution < 1.29 is 28.8 Å². The lowest BCUT2D eigenvalue weighted by Crippen LogP contribution is -2.38. The number of nitro groups is 1. The maximum Gasteiger partial charge on any atom is 0.326 e. The minimum atomic E-state index is -0.881. The summed E-state index contributed by atoms with van der Waals surface area (Å²) in [6.45, 7) is -1.20. The first-order valence-corrected chi connectivity index (χ1v) is 11.4. The van der Waals surface area contributed by atoms with Crippen molar-refractivity contribution in [3.8, 4) is 0 Å². The molecule has 1 aromatic rings. The third kappa shape index (κ3) is 3.86. The highest BCUT2D eigenvalue weighted by atomic mass is 79.9. The molecule has 31 heavy (non-hydrogen) atoms. The summed E-state index contributed by atoms with van der Waals surface area (Å²) >= 11 is 7.19. The van der Waals surface area contributed by atoms with Gasteiger partial charge < -0.3 is 10.1 Å². The molecule has 3 aliphatic rings. The zero-order chi connectivity index (χ0) is 22.4. The number of hydrogen-bond donors (Lipinski definition) is 1. The summed E-state index contributed by atoms with van der Waals surface area (Å²) in [7, 11) is 0. The largest absolute Gasteiger partial charge is 0.454 e. The number of nitrogens with one attached hydrogen (secondary N) is 1. The number of nitro benzene ring substituents is 1. The number of imide groups is 1. The zero-order valence-electron chi connectivity index (χ0n) is 15.9. The van der Waals surface area contributed by atoms with Gasteiger partial charge in [-0.25, -0.2) is 0 Å². The van der Waals surface area contributed by atoms with Crippen LogP contribution in [0.1, 0.15) is 6.42 Å². The lowest BCUT2D eigenvalue weighted by atomic mass is 9.81. The third-order valence-corrected chi connectivity index (χ3v) is 9.28. The van der Waals surface area contributed by atoms with E-state index in [0.717, 1.165) is 11.3 Å². The van der Waals surface area contributed by atoms with Gasteiger partial charge in [0.15, 0.2) is 6.61 Å². The highest BCUT2D eigenvalue weighted by Gasteiger charge is 2.66. The van der Waals surface area contributed by atoms with Crippen LogP contribution in [-0.2, 0) is 23.9 Å². The van der Waals surface area contributed by atoms with Gasteiger partial charge in [-0.2, -0.15) is 0 Å². The van der Waals surface area contributed by atoms with Crippen molar-refractivity contribution in [1.29, 1.82) is 0 Å². The van der Waals surface area contributed by atoms with E-state index in [4.69, 9.17) is 4.74 Å². The first-order valence-electron chi connectivity index (χ1n) is 9.52. The number of carbonyl (C=O) groups is 4. The minimum Gasteiger partial charge on any atom is -0.454 e. The van der Waals surface area contributed by atoms with Crippen LogP contribution in [0.3, 0.4) is 0 Å². The van der Waals surface area contributed by atoms with Crippen molar-refractivity contribution in [2.24, 2.45) is 23.7 Å². The maximum atomic E-state index is 12.8. The van der Waals surface area contributed by atoms with E-state index in [0.29, 0.717) is 0 Å². The molecule has 0 radical (unpaired) electrons. The second kappa shape index (κ2) is 8.30. The third-order valence-electron chi connectivity index (χ3n) is 6.07. The number of rotatable bonds is 6. The number of benzene rings is 1. The Kier molecular flexibility index (Phi) is 5.86. The molecule has 0 unspecified atom stereocenters. The molecule has 0 spiro atoms. The van der Waals surface area contributed by atoms with E-state index in [9.17, 15) is 29.3 Å². The number of esters is 1. The minimum absolute atomic E-state index is 0.0394. The van der Waals surface area contributed by atoms with Crippen LogP contribution in [0.4, 0.5) is 11.4 Å². The Bertz CT molecular complexity index is 955. The Morgan fingerprint density at radius 2 is 1.77 bits per heavy atom. The van der Waals surface area contributed by atoms with E-state index in [2.05, 4.69) is 37.2 Å². The van der Waals surface area contributed by atoms with Gasteiger partial charge >= 0.3 is 5.97 Å². The van der Waals surface area contributed by atoms with Gasteiger partial charge in [-0.3, -0.25) is 34.2 Å². The molecule has 2 aliphatic carbocycles. The average molecular weight is 559 g/mol. The van der Waals surface area contributed by atoms with Crippen LogP contribution in [0.5, 0.6) is 0 Å². The average Bonchev–Trinajstić information content (AvgIpc) is 3.33. The quantitative estimate of drug-likeness (QED) is 0.185. The van der Waals surface area contributed by atoms with Crippen LogP contribution < -0.4 is 5.32 Å². The molecule has 1 heterocycles. The van der Waals surface area contributed by atoms with Gasteiger partial charge in [0.2, 0.25) is 11.8 Å². The highest BCUT2D eigenvalue weighted by molar-refractivity contribution is 9.12. The Labute approximate surface area is 193 Å². The molecule has 2 bridgehead atoms. The lowest BCUT2D eigenvalue weighted by molar-refractivity contribution is -0.384. The van der Waals surface area contributed by atoms with E-state index in [-0.39, 0.29) is 44.7 Å².